The van der Waals surface area contributed by atoms with E-state index >= 15 is 0 Å². The van der Waals surface area contributed by atoms with Crippen molar-refractivity contribution in [3.63, 3.8) is 0 Å². The smallest absolute Gasteiger partial charge is 0.219 e. The summed E-state index contributed by atoms with van der Waals surface area (Å²) in [6.07, 6.45) is 21.8. The molecule has 1 amide bonds. The first kappa shape index (κ1) is 31.6. The Hall–Kier alpha value is -1.39. The lowest BCUT2D eigenvalue weighted by Crippen LogP contribution is -2.46. The predicted molar refractivity (Wildman–Crippen MR) is 150 cm³/mol. The number of hydrogen-bond donors (Lipinski definition) is 2. The Bertz CT molecular complexity index is 607. The van der Waals surface area contributed by atoms with Crippen LogP contribution < -0.4 is 5.32 Å². The van der Waals surface area contributed by atoms with Gasteiger partial charge in [0, 0.05) is 24.9 Å². The summed E-state index contributed by atoms with van der Waals surface area (Å²) in [5.41, 5.74) is 1.29. The van der Waals surface area contributed by atoms with E-state index < -0.39 is 0 Å². The Balaban J connectivity index is 1.94. The highest BCUT2D eigenvalue weighted by molar-refractivity contribution is 5.75. The molecular weight excluding hydrogens is 432 g/mol. The predicted octanol–water partition coefficient (Wildman–Crippen LogP) is 7.39. The fourth-order valence-electron chi connectivity index (χ4n) is 4.97. The summed E-state index contributed by atoms with van der Waals surface area (Å²) in [6, 6.07) is 10.5. The van der Waals surface area contributed by atoms with E-state index in [1.54, 1.807) is 0 Å². The van der Waals surface area contributed by atoms with Gasteiger partial charge in [0.05, 0.1) is 20.2 Å². The number of aliphatic hydroxyl groups is 1. The van der Waals surface area contributed by atoms with Crippen molar-refractivity contribution in [1.82, 2.24) is 5.32 Å². The molecule has 1 rings (SSSR count). The van der Waals surface area contributed by atoms with Gasteiger partial charge in [-0.05, 0) is 6.42 Å². The summed E-state index contributed by atoms with van der Waals surface area (Å²) in [7, 11) is 2.20. The van der Waals surface area contributed by atoms with Crippen molar-refractivity contribution < 1.29 is 14.4 Å². The molecule has 1 atom stereocenters. The number of unbranched alkanes of at least 4 members (excludes halogenated alkanes) is 14. The minimum Gasteiger partial charge on any atom is -0.391 e. The lowest BCUT2D eigenvalue weighted by atomic mass is 10.0. The molecule has 0 aliphatic heterocycles. The average Bonchev–Trinajstić information content (AvgIpc) is 2.85. The van der Waals surface area contributed by atoms with Crippen molar-refractivity contribution in [2.24, 2.45) is 0 Å². The number of nitrogens with one attached hydrogen (secondary N) is 1. The van der Waals surface area contributed by atoms with E-state index in [1.807, 2.05) is 6.07 Å². The minimum atomic E-state index is 0.189. The van der Waals surface area contributed by atoms with Crippen LogP contribution in [0.2, 0.25) is 0 Å². The maximum Gasteiger partial charge on any atom is 0.219 e. The highest BCUT2D eigenvalue weighted by atomic mass is 16.3. The molecule has 0 saturated heterocycles. The Morgan fingerprint density at radius 2 is 1.26 bits per heavy atom. The van der Waals surface area contributed by atoms with Crippen LogP contribution >= 0.6 is 0 Å². The number of aliphatic hydroxyl groups excluding tert-OH is 1. The molecule has 0 heterocycles. The molecule has 0 saturated carbocycles. The number of hydrogen-bond acceptors (Lipinski definition) is 2. The monoisotopic (exact) mass is 489 g/mol. The SMILES string of the molecule is CCCCCCCCCCCCCCCCCC(=O)NCCC[N+](C)(CCO)Cc1ccccc1. The van der Waals surface area contributed by atoms with Crippen LogP contribution in [0.4, 0.5) is 0 Å². The zero-order valence-corrected chi connectivity index (χ0v) is 23.2. The first-order valence-corrected chi connectivity index (χ1v) is 14.8. The van der Waals surface area contributed by atoms with E-state index in [9.17, 15) is 9.90 Å². The van der Waals surface area contributed by atoms with Gasteiger partial charge in [-0.15, -0.1) is 0 Å². The van der Waals surface area contributed by atoms with Crippen LogP contribution in [-0.4, -0.2) is 48.8 Å². The number of likely N-dealkylation sites (N-methyl/N-ethyl adjacent to an activating group) is 1. The zero-order valence-electron chi connectivity index (χ0n) is 23.2. The van der Waals surface area contributed by atoms with Gasteiger partial charge in [-0.2, -0.15) is 0 Å². The Kier molecular flexibility index (Phi) is 19.8. The first-order chi connectivity index (χ1) is 17.1. The van der Waals surface area contributed by atoms with Crippen LogP contribution in [0.25, 0.3) is 0 Å². The molecular formula is C31H57N2O2+. The van der Waals surface area contributed by atoms with Gasteiger partial charge in [-0.25, -0.2) is 0 Å². The zero-order chi connectivity index (χ0) is 25.5. The van der Waals surface area contributed by atoms with E-state index in [4.69, 9.17) is 0 Å². The molecule has 1 aromatic carbocycles. The van der Waals surface area contributed by atoms with Crippen molar-refractivity contribution in [2.75, 3.05) is 33.3 Å². The standard InChI is InChI=1S/C31H56N2O2/c1-3-4-5-6-7-8-9-10-11-12-13-14-15-16-20-24-31(35)32-25-21-26-33(2,27-28-34)29-30-22-18-17-19-23-30/h17-19,22-23,34H,3-16,20-21,24-29H2,1-2H3/p+1. The molecule has 0 aliphatic rings. The van der Waals surface area contributed by atoms with E-state index in [-0.39, 0.29) is 12.5 Å². The maximum atomic E-state index is 12.2. The summed E-state index contributed by atoms with van der Waals surface area (Å²) >= 11 is 0. The summed E-state index contributed by atoms with van der Waals surface area (Å²) in [5, 5.41) is 12.6. The van der Waals surface area contributed by atoms with Crippen LogP contribution in [0.1, 0.15) is 122 Å². The Morgan fingerprint density at radius 3 is 1.77 bits per heavy atom. The molecule has 2 N–H and O–H groups in total. The van der Waals surface area contributed by atoms with Crippen molar-refractivity contribution in [3.8, 4) is 0 Å². The quantitative estimate of drug-likeness (QED) is 0.117. The molecule has 0 aromatic heterocycles. The molecule has 202 valence electrons. The lowest BCUT2D eigenvalue weighted by Gasteiger charge is -2.34. The van der Waals surface area contributed by atoms with Gasteiger partial charge in [0.15, 0.2) is 0 Å². The Morgan fingerprint density at radius 1 is 0.743 bits per heavy atom. The fourth-order valence-corrected chi connectivity index (χ4v) is 4.97. The summed E-state index contributed by atoms with van der Waals surface area (Å²) in [4.78, 5) is 12.2. The molecule has 35 heavy (non-hydrogen) atoms. The van der Waals surface area contributed by atoms with E-state index in [1.165, 1.54) is 95.5 Å². The summed E-state index contributed by atoms with van der Waals surface area (Å²) in [6.45, 7) is 5.80. The third-order valence-corrected chi connectivity index (χ3v) is 7.25. The second kappa shape index (κ2) is 21.9. The average molecular weight is 490 g/mol. The summed E-state index contributed by atoms with van der Waals surface area (Å²) in [5.74, 6) is 0.194. The topological polar surface area (TPSA) is 49.3 Å². The second-order valence-corrected chi connectivity index (χ2v) is 10.8. The highest BCUT2D eigenvalue weighted by Crippen LogP contribution is 2.14. The second-order valence-electron chi connectivity index (χ2n) is 10.8. The van der Waals surface area contributed by atoms with Crippen molar-refractivity contribution >= 4 is 5.91 Å². The van der Waals surface area contributed by atoms with Crippen LogP contribution in [-0.2, 0) is 11.3 Å². The first-order valence-electron chi connectivity index (χ1n) is 14.8. The molecule has 0 bridgehead atoms. The van der Waals surface area contributed by atoms with Crippen LogP contribution in [0.3, 0.4) is 0 Å². The van der Waals surface area contributed by atoms with Crippen molar-refractivity contribution in [1.29, 1.82) is 0 Å². The number of amides is 1. The van der Waals surface area contributed by atoms with Gasteiger partial charge in [0.25, 0.3) is 0 Å². The van der Waals surface area contributed by atoms with E-state index in [0.29, 0.717) is 6.42 Å². The molecule has 4 nitrogen and oxygen atoms in total. The largest absolute Gasteiger partial charge is 0.391 e. The third-order valence-electron chi connectivity index (χ3n) is 7.25. The van der Waals surface area contributed by atoms with Crippen molar-refractivity contribution in [2.45, 2.75) is 123 Å². The maximum absolute atomic E-state index is 12.2. The third kappa shape index (κ3) is 18.5. The van der Waals surface area contributed by atoms with Gasteiger partial charge in [-0.3, -0.25) is 4.79 Å². The number of carbonyl (C=O) groups excluding carboxylic acids is 1. The lowest BCUT2D eigenvalue weighted by molar-refractivity contribution is -0.922. The molecule has 1 aromatic rings. The molecule has 1 unspecified atom stereocenters. The van der Waals surface area contributed by atoms with Crippen LogP contribution in [0, 0.1) is 0 Å². The molecule has 0 aliphatic carbocycles. The number of carbonyl (C=O) groups is 1. The van der Waals surface area contributed by atoms with Gasteiger partial charge in [-0.1, -0.05) is 127 Å². The molecule has 4 heteroatoms. The van der Waals surface area contributed by atoms with Gasteiger partial charge < -0.3 is 14.9 Å². The van der Waals surface area contributed by atoms with Gasteiger partial charge in [0.2, 0.25) is 5.91 Å². The van der Waals surface area contributed by atoms with E-state index in [0.717, 1.165) is 43.5 Å². The number of nitrogens with zero attached hydrogens (tertiary/aromatic N) is 1. The normalized spacial score (nSPS) is 13.0. The van der Waals surface area contributed by atoms with Crippen LogP contribution in [0.5, 0.6) is 0 Å². The van der Waals surface area contributed by atoms with Gasteiger partial charge >= 0.3 is 0 Å². The van der Waals surface area contributed by atoms with Crippen molar-refractivity contribution in [3.05, 3.63) is 35.9 Å². The molecule has 0 spiro atoms. The summed E-state index contributed by atoms with van der Waals surface area (Å²) < 4.78 is 0.801. The van der Waals surface area contributed by atoms with E-state index in [2.05, 4.69) is 43.6 Å². The number of rotatable bonds is 24. The van der Waals surface area contributed by atoms with Crippen LogP contribution in [0.15, 0.2) is 30.3 Å². The highest BCUT2D eigenvalue weighted by Gasteiger charge is 2.21. The molecule has 0 fully saturated rings. The number of quaternary nitrogens is 1. The Labute approximate surface area is 217 Å². The molecule has 0 radical (unpaired) electrons. The minimum absolute atomic E-state index is 0.189. The fraction of sp³-hybridized carbons (Fsp3) is 0.774. The number of benzene rings is 1. The van der Waals surface area contributed by atoms with Gasteiger partial charge in [0.1, 0.15) is 13.1 Å².